The molecule has 122 valence electrons. The Labute approximate surface area is 132 Å². The molecule has 22 heavy (non-hydrogen) atoms. The van der Waals surface area contributed by atoms with Crippen LogP contribution in [0.15, 0.2) is 36.3 Å². The summed E-state index contributed by atoms with van der Waals surface area (Å²) in [6.07, 6.45) is 14.0. The molecule has 0 fully saturated rings. The highest BCUT2D eigenvalue weighted by molar-refractivity contribution is 5.68. The third-order valence-electron chi connectivity index (χ3n) is 3.32. The number of esters is 1. The maximum atomic E-state index is 11.3. The Kier molecular flexibility index (Phi) is 8.72. The molecular weight excluding hydrogens is 280 g/mol. The molecular formula is C17H26N2O3. The summed E-state index contributed by atoms with van der Waals surface area (Å²) >= 11 is 0. The second kappa shape index (κ2) is 10.7. The lowest BCUT2D eigenvalue weighted by molar-refractivity contribution is -0.143. The lowest BCUT2D eigenvalue weighted by Crippen LogP contribution is -2.25. The molecule has 0 radical (unpaired) electrons. The molecule has 0 aromatic heterocycles. The van der Waals surface area contributed by atoms with Gasteiger partial charge in [-0.1, -0.05) is 32.8 Å². The molecule has 0 bridgehead atoms. The Hall–Kier alpha value is -2.04. The molecule has 1 aliphatic rings. The third-order valence-corrected chi connectivity index (χ3v) is 3.32. The largest absolute Gasteiger partial charge is 0.464 e. The van der Waals surface area contributed by atoms with Crippen LogP contribution >= 0.6 is 0 Å². The van der Waals surface area contributed by atoms with E-state index in [2.05, 4.69) is 6.92 Å². The average Bonchev–Trinajstić information content (AvgIpc) is 2.77. The molecule has 5 heteroatoms. The van der Waals surface area contributed by atoms with E-state index in [1.165, 1.54) is 0 Å². The van der Waals surface area contributed by atoms with Crippen molar-refractivity contribution in [2.45, 2.75) is 39.5 Å². The van der Waals surface area contributed by atoms with Crippen molar-refractivity contribution in [1.29, 1.82) is 0 Å². The summed E-state index contributed by atoms with van der Waals surface area (Å²) in [4.78, 5) is 26.1. The van der Waals surface area contributed by atoms with Crippen LogP contribution in [0.25, 0.3) is 0 Å². The topological polar surface area (TPSA) is 49.9 Å². The van der Waals surface area contributed by atoms with Gasteiger partial charge in [0.25, 0.3) is 0 Å². The van der Waals surface area contributed by atoms with Crippen LogP contribution < -0.4 is 0 Å². The Balaban J connectivity index is 2.59. The summed E-state index contributed by atoms with van der Waals surface area (Å²) < 4.78 is 5.09. The monoisotopic (exact) mass is 306 g/mol. The predicted octanol–water partition coefficient (Wildman–Crippen LogP) is 2.82. The Morgan fingerprint density at radius 3 is 2.82 bits per heavy atom. The molecule has 0 aromatic carbocycles. The molecule has 1 rings (SSSR count). The van der Waals surface area contributed by atoms with E-state index >= 15 is 0 Å². The third kappa shape index (κ3) is 6.61. The standard InChI is InChI=1S/C17H26N2O3/c1-3-5-7-11-19(15-20)16-9-6-8-10-18(14-16)12-13-22-17(21)4-2/h6,8-10,14-15H,3-5,7,11-13H2,1-2H3. The lowest BCUT2D eigenvalue weighted by atomic mass is 10.2. The fourth-order valence-corrected chi connectivity index (χ4v) is 2.02. The fourth-order valence-electron chi connectivity index (χ4n) is 2.02. The minimum atomic E-state index is -0.199. The first kappa shape index (κ1) is 18.0. The van der Waals surface area contributed by atoms with Gasteiger partial charge in [0.1, 0.15) is 6.61 Å². The quantitative estimate of drug-likeness (QED) is 0.354. The maximum Gasteiger partial charge on any atom is 0.305 e. The van der Waals surface area contributed by atoms with Crippen LogP contribution in [-0.2, 0) is 14.3 Å². The number of rotatable bonds is 10. The molecule has 1 heterocycles. The zero-order valence-electron chi connectivity index (χ0n) is 13.5. The summed E-state index contributed by atoms with van der Waals surface area (Å²) in [7, 11) is 0. The average molecular weight is 306 g/mol. The number of nitrogens with zero attached hydrogens (tertiary/aromatic N) is 2. The van der Waals surface area contributed by atoms with Crippen molar-refractivity contribution in [1.82, 2.24) is 9.80 Å². The van der Waals surface area contributed by atoms with Crippen LogP contribution in [0.1, 0.15) is 39.5 Å². The van der Waals surface area contributed by atoms with Gasteiger partial charge in [0, 0.05) is 25.4 Å². The van der Waals surface area contributed by atoms with Crippen molar-refractivity contribution >= 4 is 12.4 Å². The minimum Gasteiger partial charge on any atom is -0.464 e. The summed E-state index contributed by atoms with van der Waals surface area (Å²) in [6, 6.07) is 0. The lowest BCUT2D eigenvalue weighted by Gasteiger charge is -2.21. The zero-order valence-corrected chi connectivity index (χ0v) is 13.5. The summed E-state index contributed by atoms with van der Waals surface area (Å²) in [6.45, 7) is 5.52. The first-order valence-corrected chi connectivity index (χ1v) is 7.91. The van der Waals surface area contributed by atoms with Crippen LogP contribution in [0.5, 0.6) is 0 Å². The number of allylic oxidation sites excluding steroid dienone is 3. The second-order valence-electron chi connectivity index (χ2n) is 5.07. The molecule has 0 aliphatic carbocycles. The molecule has 0 aromatic rings. The number of carbonyl (C=O) groups excluding carboxylic acids is 2. The Bertz CT molecular complexity index is 441. The molecule has 0 saturated heterocycles. The molecule has 0 saturated carbocycles. The summed E-state index contributed by atoms with van der Waals surface area (Å²) in [5, 5.41) is 0. The molecule has 1 aliphatic heterocycles. The molecule has 0 N–H and O–H groups in total. The van der Waals surface area contributed by atoms with E-state index in [-0.39, 0.29) is 5.97 Å². The number of amides is 1. The van der Waals surface area contributed by atoms with Gasteiger partial charge in [-0.3, -0.25) is 9.59 Å². The van der Waals surface area contributed by atoms with E-state index in [1.54, 1.807) is 11.8 Å². The maximum absolute atomic E-state index is 11.3. The normalized spacial score (nSPS) is 13.5. The van der Waals surface area contributed by atoms with Gasteiger partial charge in [-0.05, 0) is 18.6 Å². The van der Waals surface area contributed by atoms with Crippen LogP contribution in [0.2, 0.25) is 0 Å². The van der Waals surface area contributed by atoms with Crippen molar-refractivity contribution in [3.63, 3.8) is 0 Å². The highest BCUT2D eigenvalue weighted by Gasteiger charge is 2.09. The van der Waals surface area contributed by atoms with Crippen LogP contribution in [0.3, 0.4) is 0 Å². The van der Waals surface area contributed by atoms with Gasteiger partial charge in [-0.2, -0.15) is 0 Å². The zero-order chi connectivity index (χ0) is 16.2. The predicted molar refractivity (Wildman–Crippen MR) is 86.6 cm³/mol. The summed E-state index contributed by atoms with van der Waals surface area (Å²) in [5.41, 5.74) is 0.845. The number of unbranched alkanes of at least 4 members (excludes halogenated alkanes) is 2. The second-order valence-corrected chi connectivity index (χ2v) is 5.07. The van der Waals surface area contributed by atoms with Gasteiger partial charge >= 0.3 is 5.97 Å². The van der Waals surface area contributed by atoms with Crippen LogP contribution in [0, 0.1) is 0 Å². The van der Waals surface area contributed by atoms with E-state index in [1.807, 2.05) is 35.5 Å². The smallest absolute Gasteiger partial charge is 0.305 e. The van der Waals surface area contributed by atoms with Gasteiger partial charge in [0.15, 0.2) is 0 Å². The first-order valence-electron chi connectivity index (χ1n) is 7.91. The molecule has 5 nitrogen and oxygen atoms in total. The highest BCUT2D eigenvalue weighted by Crippen LogP contribution is 2.12. The van der Waals surface area contributed by atoms with Gasteiger partial charge in [0.05, 0.1) is 12.2 Å². The Morgan fingerprint density at radius 2 is 2.14 bits per heavy atom. The van der Waals surface area contributed by atoms with Gasteiger partial charge < -0.3 is 14.5 Å². The number of hydrogen-bond donors (Lipinski definition) is 0. The first-order chi connectivity index (χ1) is 10.7. The number of carbonyl (C=O) groups is 2. The van der Waals surface area contributed by atoms with Crippen molar-refractivity contribution < 1.29 is 14.3 Å². The van der Waals surface area contributed by atoms with Crippen LogP contribution in [-0.4, -0.2) is 41.9 Å². The van der Waals surface area contributed by atoms with Crippen molar-refractivity contribution in [2.24, 2.45) is 0 Å². The van der Waals surface area contributed by atoms with E-state index < -0.39 is 0 Å². The van der Waals surface area contributed by atoms with Gasteiger partial charge in [-0.25, -0.2) is 0 Å². The number of hydrogen-bond acceptors (Lipinski definition) is 4. The van der Waals surface area contributed by atoms with E-state index in [0.29, 0.717) is 26.1 Å². The van der Waals surface area contributed by atoms with Crippen molar-refractivity contribution in [3.05, 3.63) is 36.3 Å². The fraction of sp³-hybridized carbons (Fsp3) is 0.529. The van der Waals surface area contributed by atoms with Crippen molar-refractivity contribution in [3.8, 4) is 0 Å². The van der Waals surface area contributed by atoms with E-state index in [0.717, 1.165) is 31.4 Å². The SMILES string of the molecule is CCCCCN(C=O)C1=CN(CCOC(=O)CC)C=CC=C1. The minimum absolute atomic E-state index is 0.199. The Morgan fingerprint density at radius 1 is 1.32 bits per heavy atom. The van der Waals surface area contributed by atoms with Gasteiger partial charge in [-0.15, -0.1) is 0 Å². The van der Waals surface area contributed by atoms with Crippen molar-refractivity contribution in [2.75, 3.05) is 19.7 Å². The highest BCUT2D eigenvalue weighted by atomic mass is 16.5. The van der Waals surface area contributed by atoms with Crippen LogP contribution in [0.4, 0.5) is 0 Å². The number of ether oxygens (including phenoxy) is 1. The van der Waals surface area contributed by atoms with E-state index in [9.17, 15) is 9.59 Å². The van der Waals surface area contributed by atoms with Gasteiger partial charge in [0.2, 0.25) is 6.41 Å². The molecule has 1 amide bonds. The molecule has 0 unspecified atom stereocenters. The molecule has 0 spiro atoms. The molecule has 0 atom stereocenters. The summed E-state index contributed by atoms with van der Waals surface area (Å²) in [5.74, 6) is -0.199. The van der Waals surface area contributed by atoms with E-state index in [4.69, 9.17) is 4.74 Å².